The van der Waals surface area contributed by atoms with Gasteiger partial charge in [0.2, 0.25) is 5.91 Å². The van der Waals surface area contributed by atoms with Gasteiger partial charge in [-0.2, -0.15) is 0 Å². The minimum atomic E-state index is -0.717. The Morgan fingerprint density at radius 3 is 2.26 bits per heavy atom. The van der Waals surface area contributed by atoms with Gasteiger partial charge in [0.15, 0.2) is 0 Å². The van der Waals surface area contributed by atoms with Gasteiger partial charge < -0.3 is 20.3 Å². The molecule has 1 fully saturated rings. The predicted octanol–water partition coefficient (Wildman–Crippen LogP) is 3.77. The van der Waals surface area contributed by atoms with Crippen LogP contribution in [0.15, 0.2) is 48.5 Å². The number of nitrogens with one attached hydrogen (secondary N) is 2. The number of nitrogens with zero attached hydrogens (tertiary/aromatic N) is 1. The summed E-state index contributed by atoms with van der Waals surface area (Å²) in [6, 6.07) is 13.2. The largest absolute Gasteiger partial charge is 0.496 e. The molecule has 0 aliphatic carbocycles. The van der Waals surface area contributed by atoms with E-state index >= 15 is 0 Å². The third-order valence-corrected chi connectivity index (χ3v) is 6.34. The van der Waals surface area contributed by atoms with Gasteiger partial charge in [-0.15, -0.1) is 0 Å². The molecular weight excluding hydrogens is 454 g/mol. The third kappa shape index (κ3) is 6.29. The average molecular weight is 486 g/mol. The Labute approximate surface area is 205 Å². The van der Waals surface area contributed by atoms with Gasteiger partial charge in [-0.05, 0) is 48.9 Å². The first-order chi connectivity index (χ1) is 16.3. The van der Waals surface area contributed by atoms with Gasteiger partial charge in [0.05, 0.1) is 23.3 Å². The number of benzene rings is 2. The minimum Gasteiger partial charge on any atom is -0.496 e. The van der Waals surface area contributed by atoms with E-state index in [1.807, 2.05) is 26.0 Å². The first-order valence-electron chi connectivity index (χ1n) is 11.6. The van der Waals surface area contributed by atoms with Gasteiger partial charge in [0, 0.05) is 19.6 Å². The highest BCUT2D eigenvalue weighted by molar-refractivity contribution is 6.33. The fourth-order valence-electron chi connectivity index (χ4n) is 4.10. The molecule has 0 radical (unpaired) electrons. The first-order valence-corrected chi connectivity index (χ1v) is 11.9. The number of piperidine rings is 1. The lowest BCUT2D eigenvalue weighted by molar-refractivity contribution is -0.124. The number of halogens is 1. The molecule has 1 heterocycles. The van der Waals surface area contributed by atoms with E-state index in [2.05, 4.69) is 10.6 Å². The summed E-state index contributed by atoms with van der Waals surface area (Å²) in [4.78, 5) is 40.8. The normalized spacial score (nSPS) is 15.0. The predicted molar refractivity (Wildman–Crippen MR) is 132 cm³/mol. The van der Waals surface area contributed by atoms with Gasteiger partial charge in [0.25, 0.3) is 11.8 Å². The standard InChI is InChI=1S/C26H32ClN3O4/c1-17(2)16-28-25(32)23(29-24(31)19-8-4-6-10-21(19)27)18-12-14-30(15-13-18)26(33)20-9-5-7-11-22(20)34-3/h4-11,17-18,23H,12-16H2,1-3H3,(H,28,32)(H,29,31)/t23-/m0/s1. The van der Waals surface area contributed by atoms with Crippen molar-refractivity contribution in [3.63, 3.8) is 0 Å². The molecule has 2 aromatic rings. The molecule has 182 valence electrons. The van der Waals surface area contributed by atoms with E-state index < -0.39 is 6.04 Å². The number of amides is 3. The third-order valence-electron chi connectivity index (χ3n) is 6.01. The summed E-state index contributed by atoms with van der Waals surface area (Å²) in [5.74, 6) is 0.000298. The Hall–Kier alpha value is -3.06. The lowest BCUT2D eigenvalue weighted by Gasteiger charge is -2.36. The molecule has 1 saturated heterocycles. The zero-order valence-electron chi connectivity index (χ0n) is 19.8. The number of ether oxygens (including phenoxy) is 1. The summed E-state index contributed by atoms with van der Waals surface area (Å²) in [5, 5.41) is 6.18. The van der Waals surface area contributed by atoms with Crippen LogP contribution in [-0.2, 0) is 4.79 Å². The highest BCUT2D eigenvalue weighted by Gasteiger charge is 2.34. The summed E-state index contributed by atoms with van der Waals surface area (Å²) in [6.07, 6.45) is 1.17. The maximum Gasteiger partial charge on any atom is 0.257 e. The Morgan fingerprint density at radius 2 is 1.65 bits per heavy atom. The van der Waals surface area contributed by atoms with E-state index in [1.165, 1.54) is 0 Å². The Kier molecular flexibility index (Phi) is 8.93. The molecule has 2 N–H and O–H groups in total. The molecule has 7 nitrogen and oxygen atoms in total. The Morgan fingerprint density at radius 1 is 1.03 bits per heavy atom. The van der Waals surface area contributed by atoms with Gasteiger partial charge in [-0.25, -0.2) is 0 Å². The van der Waals surface area contributed by atoms with Crippen LogP contribution in [0.2, 0.25) is 5.02 Å². The van der Waals surface area contributed by atoms with Crippen molar-refractivity contribution in [2.24, 2.45) is 11.8 Å². The minimum absolute atomic E-state index is 0.100. The molecular formula is C26H32ClN3O4. The number of para-hydroxylation sites is 1. The molecule has 0 aromatic heterocycles. The second-order valence-electron chi connectivity index (χ2n) is 8.90. The van der Waals surface area contributed by atoms with Crippen LogP contribution in [0.1, 0.15) is 47.4 Å². The van der Waals surface area contributed by atoms with Gasteiger partial charge >= 0.3 is 0 Å². The van der Waals surface area contributed by atoms with Crippen LogP contribution in [0, 0.1) is 11.8 Å². The van der Waals surface area contributed by atoms with E-state index in [1.54, 1.807) is 48.4 Å². The van der Waals surface area contributed by atoms with Crippen LogP contribution in [-0.4, -0.2) is 55.4 Å². The monoisotopic (exact) mass is 485 g/mol. The number of methoxy groups -OCH3 is 1. The molecule has 0 bridgehead atoms. The number of carbonyl (C=O) groups is 3. The molecule has 3 amide bonds. The molecule has 1 atom stereocenters. The topological polar surface area (TPSA) is 87.7 Å². The van der Waals surface area contributed by atoms with Crippen molar-refractivity contribution in [1.82, 2.24) is 15.5 Å². The molecule has 8 heteroatoms. The van der Waals surface area contributed by atoms with Crippen LogP contribution in [0.25, 0.3) is 0 Å². The highest BCUT2D eigenvalue weighted by Crippen LogP contribution is 2.26. The van der Waals surface area contributed by atoms with Crippen molar-refractivity contribution in [2.75, 3.05) is 26.7 Å². The smallest absolute Gasteiger partial charge is 0.257 e. The maximum atomic E-state index is 13.1. The number of likely N-dealkylation sites (tertiary alicyclic amines) is 1. The van der Waals surface area contributed by atoms with E-state index in [4.69, 9.17) is 16.3 Å². The summed E-state index contributed by atoms with van der Waals surface area (Å²) >= 11 is 6.19. The summed E-state index contributed by atoms with van der Waals surface area (Å²) in [7, 11) is 1.54. The van der Waals surface area contributed by atoms with Crippen LogP contribution >= 0.6 is 11.6 Å². The fraction of sp³-hybridized carbons (Fsp3) is 0.423. The van der Waals surface area contributed by atoms with Gasteiger partial charge in [-0.3, -0.25) is 14.4 Å². The quantitative estimate of drug-likeness (QED) is 0.595. The van der Waals surface area contributed by atoms with Gasteiger partial charge in [0.1, 0.15) is 11.8 Å². The van der Waals surface area contributed by atoms with Crippen LogP contribution in [0.3, 0.4) is 0 Å². The van der Waals surface area contributed by atoms with Gasteiger partial charge in [-0.1, -0.05) is 49.7 Å². The van der Waals surface area contributed by atoms with Crippen LogP contribution in [0.5, 0.6) is 5.75 Å². The molecule has 0 spiro atoms. The van der Waals surface area contributed by atoms with Crippen molar-refractivity contribution in [1.29, 1.82) is 0 Å². The van der Waals surface area contributed by atoms with Crippen LogP contribution < -0.4 is 15.4 Å². The van der Waals surface area contributed by atoms with Crippen molar-refractivity contribution in [3.05, 3.63) is 64.7 Å². The van der Waals surface area contributed by atoms with Crippen molar-refractivity contribution in [2.45, 2.75) is 32.7 Å². The van der Waals surface area contributed by atoms with Crippen LogP contribution in [0.4, 0.5) is 0 Å². The number of hydrogen-bond donors (Lipinski definition) is 2. The number of hydrogen-bond acceptors (Lipinski definition) is 4. The lowest BCUT2D eigenvalue weighted by Crippen LogP contribution is -2.54. The zero-order valence-corrected chi connectivity index (χ0v) is 20.6. The highest BCUT2D eigenvalue weighted by atomic mass is 35.5. The number of carbonyl (C=O) groups excluding carboxylic acids is 3. The molecule has 3 rings (SSSR count). The van der Waals surface area contributed by atoms with E-state index in [0.29, 0.717) is 54.4 Å². The molecule has 2 aromatic carbocycles. The number of rotatable bonds is 8. The summed E-state index contributed by atoms with van der Waals surface area (Å²) in [6.45, 7) is 5.51. The summed E-state index contributed by atoms with van der Waals surface area (Å²) in [5.41, 5.74) is 0.844. The zero-order chi connectivity index (χ0) is 24.7. The molecule has 0 saturated carbocycles. The Balaban J connectivity index is 1.71. The van der Waals surface area contributed by atoms with E-state index in [0.717, 1.165) is 0 Å². The lowest BCUT2D eigenvalue weighted by atomic mass is 9.88. The maximum absolute atomic E-state index is 13.1. The van der Waals surface area contributed by atoms with E-state index in [-0.39, 0.29) is 29.6 Å². The molecule has 1 aliphatic rings. The fourth-order valence-corrected chi connectivity index (χ4v) is 4.33. The second kappa shape index (κ2) is 11.9. The average Bonchev–Trinajstić information content (AvgIpc) is 2.85. The second-order valence-corrected chi connectivity index (χ2v) is 9.31. The molecule has 0 unspecified atom stereocenters. The van der Waals surface area contributed by atoms with Crippen molar-refractivity contribution >= 4 is 29.3 Å². The summed E-state index contributed by atoms with van der Waals surface area (Å²) < 4.78 is 5.33. The van der Waals surface area contributed by atoms with Crippen molar-refractivity contribution < 1.29 is 19.1 Å². The van der Waals surface area contributed by atoms with E-state index in [9.17, 15) is 14.4 Å². The molecule has 34 heavy (non-hydrogen) atoms. The first kappa shape index (κ1) is 25.6. The van der Waals surface area contributed by atoms with Crippen molar-refractivity contribution in [3.8, 4) is 5.75 Å². The molecule has 1 aliphatic heterocycles. The SMILES string of the molecule is COc1ccccc1C(=O)N1CCC([C@H](NC(=O)c2ccccc2Cl)C(=O)NCC(C)C)CC1. The Bertz CT molecular complexity index is 1020.